The van der Waals surface area contributed by atoms with Crippen LogP contribution in [0.15, 0.2) is 24.3 Å². The molecular weight excluding hydrogens is 304 g/mol. The lowest BCUT2D eigenvalue weighted by atomic mass is 10.1. The number of amides is 1. The number of halogens is 1. The molecule has 1 aromatic carbocycles. The minimum atomic E-state index is -0.905. The number of likely N-dealkylation sites (N-methyl/N-ethyl adjacent to an activating group) is 1. The highest BCUT2D eigenvalue weighted by molar-refractivity contribution is 5.85. The van der Waals surface area contributed by atoms with Crippen LogP contribution in [0.3, 0.4) is 0 Å². The predicted molar refractivity (Wildman–Crippen MR) is 89.3 cm³/mol. The van der Waals surface area contributed by atoms with E-state index in [1.54, 1.807) is 16.8 Å². The van der Waals surface area contributed by atoms with E-state index < -0.39 is 5.97 Å². The average Bonchev–Trinajstić information content (AvgIpc) is 2.40. The van der Waals surface area contributed by atoms with Crippen molar-refractivity contribution in [3.05, 3.63) is 35.4 Å². The van der Waals surface area contributed by atoms with Gasteiger partial charge in [-0.1, -0.05) is 31.2 Å². The van der Waals surface area contributed by atoms with Gasteiger partial charge in [0.25, 0.3) is 0 Å². The smallest absolute Gasteiger partial charge is 0.317 e. The van der Waals surface area contributed by atoms with Crippen LogP contribution >= 0.6 is 12.4 Å². The molecule has 22 heavy (non-hydrogen) atoms. The summed E-state index contributed by atoms with van der Waals surface area (Å²) in [5.41, 5.74) is 2.25. The Kier molecular flexibility index (Phi) is 9.45. The summed E-state index contributed by atoms with van der Waals surface area (Å²) in [4.78, 5) is 26.3. The lowest BCUT2D eigenvalue weighted by Crippen LogP contribution is -2.40. The summed E-state index contributed by atoms with van der Waals surface area (Å²) in [6.07, 6.45) is 0.821. The summed E-state index contributed by atoms with van der Waals surface area (Å²) in [6, 6.07) is 7.94. The van der Waals surface area contributed by atoms with Crippen molar-refractivity contribution in [2.24, 2.45) is 0 Å². The Bertz CT molecular complexity index is 494. The van der Waals surface area contributed by atoms with Crippen LogP contribution in [0, 0.1) is 6.92 Å². The fourth-order valence-corrected chi connectivity index (χ4v) is 2.16. The van der Waals surface area contributed by atoms with Gasteiger partial charge in [-0.3, -0.25) is 14.5 Å². The summed E-state index contributed by atoms with van der Waals surface area (Å²) >= 11 is 0. The number of rotatable bonds is 8. The summed E-state index contributed by atoms with van der Waals surface area (Å²) in [7, 11) is 1.75. The maximum Gasteiger partial charge on any atom is 0.317 e. The highest BCUT2D eigenvalue weighted by atomic mass is 35.5. The predicted octanol–water partition coefficient (Wildman–Crippen LogP) is 2.17. The number of carbonyl (C=O) groups is 2. The number of aryl methyl sites for hydroxylation is 1. The third kappa shape index (κ3) is 6.91. The number of carboxylic acids is 1. The highest BCUT2D eigenvalue weighted by Crippen LogP contribution is 2.09. The van der Waals surface area contributed by atoms with Crippen LogP contribution in [-0.2, 0) is 16.1 Å². The molecule has 0 saturated heterocycles. The lowest BCUT2D eigenvalue weighted by Gasteiger charge is -2.24. The standard InChI is InChI=1S/C16H24N2O3.ClH/c1-4-9-18(12-16(20)21)11-15(19)17(3)10-14-8-6-5-7-13(14)2;/h5-8H,4,9-12H2,1-3H3,(H,20,21);1H. The van der Waals surface area contributed by atoms with Crippen LogP contribution in [0.1, 0.15) is 24.5 Å². The van der Waals surface area contributed by atoms with E-state index in [1.165, 1.54) is 0 Å². The van der Waals surface area contributed by atoms with Crippen molar-refractivity contribution in [1.82, 2.24) is 9.80 Å². The molecule has 0 heterocycles. The van der Waals surface area contributed by atoms with Crippen molar-refractivity contribution in [3.8, 4) is 0 Å². The summed E-state index contributed by atoms with van der Waals surface area (Å²) < 4.78 is 0. The minimum absolute atomic E-state index is 0. The topological polar surface area (TPSA) is 60.9 Å². The van der Waals surface area contributed by atoms with Crippen LogP contribution < -0.4 is 0 Å². The SMILES string of the molecule is CCCN(CC(=O)O)CC(=O)N(C)Cc1ccccc1C.Cl. The first-order valence-electron chi connectivity index (χ1n) is 7.16. The van der Waals surface area contributed by atoms with Crippen LogP contribution in [0.5, 0.6) is 0 Å². The minimum Gasteiger partial charge on any atom is -0.480 e. The Balaban J connectivity index is 0.00000441. The molecule has 1 aromatic rings. The summed E-state index contributed by atoms with van der Waals surface area (Å²) in [6.45, 7) is 5.17. The van der Waals surface area contributed by atoms with Crippen molar-refractivity contribution in [1.29, 1.82) is 0 Å². The Labute approximate surface area is 138 Å². The van der Waals surface area contributed by atoms with E-state index in [4.69, 9.17) is 5.11 Å². The largest absolute Gasteiger partial charge is 0.480 e. The van der Waals surface area contributed by atoms with Crippen molar-refractivity contribution in [2.75, 3.05) is 26.7 Å². The van der Waals surface area contributed by atoms with Gasteiger partial charge < -0.3 is 10.0 Å². The van der Waals surface area contributed by atoms with Crippen molar-refractivity contribution >= 4 is 24.3 Å². The highest BCUT2D eigenvalue weighted by Gasteiger charge is 2.16. The fraction of sp³-hybridized carbons (Fsp3) is 0.500. The van der Waals surface area contributed by atoms with Crippen LogP contribution in [0.4, 0.5) is 0 Å². The maximum absolute atomic E-state index is 12.2. The number of hydrogen-bond acceptors (Lipinski definition) is 3. The van der Waals surface area contributed by atoms with Crippen molar-refractivity contribution in [2.45, 2.75) is 26.8 Å². The quantitative estimate of drug-likeness (QED) is 0.794. The van der Waals surface area contributed by atoms with Gasteiger partial charge in [0.05, 0.1) is 13.1 Å². The molecule has 0 aliphatic carbocycles. The number of carboxylic acid groups (broad SMARTS) is 1. The Hall–Kier alpha value is -1.59. The number of hydrogen-bond donors (Lipinski definition) is 1. The lowest BCUT2D eigenvalue weighted by molar-refractivity contribution is -0.139. The molecule has 6 heteroatoms. The third-order valence-electron chi connectivity index (χ3n) is 3.35. The van der Waals surface area contributed by atoms with Crippen molar-refractivity contribution < 1.29 is 14.7 Å². The zero-order valence-electron chi connectivity index (χ0n) is 13.4. The fourth-order valence-electron chi connectivity index (χ4n) is 2.16. The number of aliphatic carboxylic acids is 1. The third-order valence-corrected chi connectivity index (χ3v) is 3.35. The Morgan fingerprint density at radius 2 is 1.82 bits per heavy atom. The van der Waals surface area contributed by atoms with Gasteiger partial charge in [-0.2, -0.15) is 0 Å². The number of carbonyl (C=O) groups excluding carboxylic acids is 1. The molecule has 124 valence electrons. The first-order valence-corrected chi connectivity index (χ1v) is 7.16. The molecule has 0 unspecified atom stereocenters. The van der Waals surface area contributed by atoms with E-state index in [-0.39, 0.29) is 31.4 Å². The normalized spacial score (nSPS) is 10.2. The first kappa shape index (κ1) is 20.4. The maximum atomic E-state index is 12.2. The molecule has 1 N–H and O–H groups in total. The van der Waals surface area contributed by atoms with E-state index in [0.717, 1.165) is 17.5 Å². The second-order valence-corrected chi connectivity index (χ2v) is 5.28. The van der Waals surface area contributed by atoms with Crippen LogP contribution in [0.2, 0.25) is 0 Å². The summed E-state index contributed by atoms with van der Waals surface area (Å²) in [5.74, 6) is -0.967. The molecule has 0 aromatic heterocycles. The molecule has 0 saturated carbocycles. The first-order chi connectivity index (χ1) is 9.93. The molecule has 0 radical (unpaired) electrons. The zero-order valence-corrected chi connectivity index (χ0v) is 14.2. The second-order valence-electron chi connectivity index (χ2n) is 5.28. The molecule has 5 nitrogen and oxygen atoms in total. The number of benzene rings is 1. The van der Waals surface area contributed by atoms with Gasteiger partial charge >= 0.3 is 5.97 Å². The molecule has 0 spiro atoms. The molecular formula is C16H25ClN2O3. The van der Waals surface area contributed by atoms with Gasteiger partial charge in [-0.05, 0) is 31.0 Å². The second kappa shape index (κ2) is 10.2. The Morgan fingerprint density at radius 3 is 2.36 bits per heavy atom. The van der Waals surface area contributed by atoms with Gasteiger partial charge in [-0.15, -0.1) is 12.4 Å². The monoisotopic (exact) mass is 328 g/mol. The zero-order chi connectivity index (χ0) is 15.8. The molecule has 0 fully saturated rings. The van der Waals surface area contributed by atoms with E-state index >= 15 is 0 Å². The van der Waals surface area contributed by atoms with Crippen molar-refractivity contribution in [3.63, 3.8) is 0 Å². The van der Waals surface area contributed by atoms with Gasteiger partial charge in [0.1, 0.15) is 0 Å². The summed E-state index contributed by atoms with van der Waals surface area (Å²) in [5, 5.41) is 8.87. The van der Waals surface area contributed by atoms with Gasteiger partial charge in [0.15, 0.2) is 0 Å². The average molecular weight is 329 g/mol. The molecule has 0 bridgehead atoms. The molecule has 1 amide bonds. The van der Waals surface area contributed by atoms with Gasteiger partial charge in [0, 0.05) is 13.6 Å². The number of nitrogens with zero attached hydrogens (tertiary/aromatic N) is 2. The molecule has 0 aliphatic rings. The molecule has 1 rings (SSSR count). The van der Waals surface area contributed by atoms with Crippen LogP contribution in [-0.4, -0.2) is 53.5 Å². The molecule has 0 aliphatic heterocycles. The van der Waals surface area contributed by atoms with E-state index in [2.05, 4.69) is 0 Å². The van der Waals surface area contributed by atoms with Gasteiger partial charge in [-0.25, -0.2) is 0 Å². The van der Waals surface area contributed by atoms with E-state index in [9.17, 15) is 9.59 Å². The Morgan fingerprint density at radius 1 is 1.18 bits per heavy atom. The van der Waals surface area contributed by atoms with Crippen LogP contribution in [0.25, 0.3) is 0 Å². The van der Waals surface area contributed by atoms with Gasteiger partial charge in [0.2, 0.25) is 5.91 Å². The van der Waals surface area contributed by atoms with E-state index in [1.807, 2.05) is 38.1 Å². The van der Waals surface area contributed by atoms with E-state index in [0.29, 0.717) is 13.1 Å². The molecule has 0 atom stereocenters.